The second-order valence-electron chi connectivity index (χ2n) is 3.36. The van der Waals surface area contributed by atoms with Crippen molar-refractivity contribution in [1.82, 2.24) is 16.0 Å². The number of hydrogen-bond donors (Lipinski definition) is 3. The van der Waals surface area contributed by atoms with Crippen LogP contribution in [-0.2, 0) is 9.59 Å². The Bertz CT molecular complexity index is 212. The van der Waals surface area contributed by atoms with Crippen molar-refractivity contribution in [2.24, 2.45) is 0 Å². The predicted molar refractivity (Wildman–Crippen MR) is 52.7 cm³/mol. The van der Waals surface area contributed by atoms with Crippen LogP contribution in [0.3, 0.4) is 0 Å². The predicted octanol–water partition coefficient (Wildman–Crippen LogP) is -1.01. The zero-order chi connectivity index (χ0) is 10.4. The minimum Gasteiger partial charge on any atom is -0.359 e. The molecule has 1 heterocycles. The fourth-order valence-electron chi connectivity index (χ4n) is 1.46. The van der Waals surface area contributed by atoms with Crippen molar-refractivity contribution in [3.63, 3.8) is 0 Å². The molecule has 1 unspecified atom stereocenters. The highest BCUT2D eigenvalue weighted by Crippen LogP contribution is 2.04. The van der Waals surface area contributed by atoms with E-state index in [0.717, 1.165) is 19.4 Å². The molecule has 0 aliphatic carbocycles. The Hall–Kier alpha value is -1.10. The first kappa shape index (κ1) is 11.0. The van der Waals surface area contributed by atoms with Gasteiger partial charge in [0.2, 0.25) is 11.8 Å². The van der Waals surface area contributed by atoms with E-state index in [2.05, 4.69) is 16.0 Å². The second-order valence-corrected chi connectivity index (χ2v) is 3.36. The molecule has 0 radical (unpaired) electrons. The molecule has 1 fully saturated rings. The SMILES string of the molecule is CNC(=O)CCNC(=O)C1CCCN1. The van der Waals surface area contributed by atoms with Gasteiger partial charge in [0.15, 0.2) is 0 Å². The number of carbonyl (C=O) groups excluding carboxylic acids is 2. The van der Waals surface area contributed by atoms with E-state index in [-0.39, 0.29) is 17.9 Å². The molecule has 5 heteroatoms. The lowest BCUT2D eigenvalue weighted by atomic mass is 10.2. The first-order valence-corrected chi connectivity index (χ1v) is 4.95. The van der Waals surface area contributed by atoms with E-state index in [4.69, 9.17) is 0 Å². The van der Waals surface area contributed by atoms with Crippen LogP contribution in [0.4, 0.5) is 0 Å². The Kier molecular flexibility index (Phi) is 4.39. The van der Waals surface area contributed by atoms with Gasteiger partial charge in [-0.05, 0) is 19.4 Å². The van der Waals surface area contributed by atoms with E-state index in [1.807, 2.05) is 0 Å². The highest BCUT2D eigenvalue weighted by molar-refractivity contribution is 5.83. The quantitative estimate of drug-likeness (QED) is 0.543. The summed E-state index contributed by atoms with van der Waals surface area (Å²) in [6.45, 7) is 1.32. The molecule has 0 aromatic rings. The van der Waals surface area contributed by atoms with E-state index in [0.29, 0.717) is 13.0 Å². The first-order valence-electron chi connectivity index (χ1n) is 4.95. The number of amides is 2. The highest BCUT2D eigenvalue weighted by atomic mass is 16.2. The van der Waals surface area contributed by atoms with Gasteiger partial charge in [-0.3, -0.25) is 9.59 Å². The summed E-state index contributed by atoms with van der Waals surface area (Å²) < 4.78 is 0. The van der Waals surface area contributed by atoms with Gasteiger partial charge in [-0.15, -0.1) is 0 Å². The monoisotopic (exact) mass is 199 g/mol. The number of nitrogens with one attached hydrogen (secondary N) is 3. The molecule has 0 bridgehead atoms. The third-order valence-corrected chi connectivity index (χ3v) is 2.31. The number of carbonyl (C=O) groups is 2. The van der Waals surface area contributed by atoms with E-state index >= 15 is 0 Å². The van der Waals surface area contributed by atoms with Gasteiger partial charge in [0.25, 0.3) is 0 Å². The largest absolute Gasteiger partial charge is 0.359 e. The molecule has 14 heavy (non-hydrogen) atoms. The van der Waals surface area contributed by atoms with E-state index in [1.165, 1.54) is 0 Å². The maximum Gasteiger partial charge on any atom is 0.237 e. The van der Waals surface area contributed by atoms with Gasteiger partial charge >= 0.3 is 0 Å². The van der Waals surface area contributed by atoms with Gasteiger partial charge in [-0.25, -0.2) is 0 Å². The van der Waals surface area contributed by atoms with Crippen LogP contribution >= 0.6 is 0 Å². The third-order valence-electron chi connectivity index (χ3n) is 2.31. The van der Waals surface area contributed by atoms with Gasteiger partial charge in [-0.2, -0.15) is 0 Å². The Balaban J connectivity index is 2.11. The van der Waals surface area contributed by atoms with E-state index < -0.39 is 0 Å². The molecule has 80 valence electrons. The Morgan fingerprint density at radius 3 is 2.86 bits per heavy atom. The molecule has 1 saturated heterocycles. The summed E-state index contributed by atoms with van der Waals surface area (Å²) in [6.07, 6.45) is 2.29. The molecule has 2 amide bonds. The topological polar surface area (TPSA) is 70.2 Å². The van der Waals surface area contributed by atoms with Crippen LogP contribution in [-0.4, -0.2) is 38.0 Å². The molecule has 0 saturated carbocycles. The molecule has 1 atom stereocenters. The maximum absolute atomic E-state index is 11.4. The van der Waals surface area contributed by atoms with Crippen LogP contribution in [0.5, 0.6) is 0 Å². The summed E-state index contributed by atoms with van der Waals surface area (Å²) in [5.74, 6) is -0.0453. The molecular formula is C9H17N3O2. The molecule has 0 aromatic heterocycles. The van der Waals surface area contributed by atoms with Crippen molar-refractivity contribution in [2.75, 3.05) is 20.1 Å². The first-order chi connectivity index (χ1) is 6.74. The van der Waals surface area contributed by atoms with Crippen molar-refractivity contribution < 1.29 is 9.59 Å². The molecule has 1 rings (SSSR count). The number of hydrogen-bond acceptors (Lipinski definition) is 3. The fraction of sp³-hybridized carbons (Fsp3) is 0.778. The lowest BCUT2D eigenvalue weighted by Crippen LogP contribution is -2.41. The molecule has 1 aliphatic heterocycles. The Labute approximate surface area is 83.6 Å². The summed E-state index contributed by atoms with van der Waals surface area (Å²) >= 11 is 0. The van der Waals surface area contributed by atoms with Crippen LogP contribution in [0.15, 0.2) is 0 Å². The van der Waals surface area contributed by atoms with Crippen LogP contribution < -0.4 is 16.0 Å². The van der Waals surface area contributed by atoms with E-state index in [1.54, 1.807) is 7.05 Å². The van der Waals surface area contributed by atoms with Crippen LogP contribution in [0, 0.1) is 0 Å². The third kappa shape index (κ3) is 3.33. The van der Waals surface area contributed by atoms with Crippen LogP contribution in [0.1, 0.15) is 19.3 Å². The zero-order valence-electron chi connectivity index (χ0n) is 8.43. The van der Waals surface area contributed by atoms with Crippen molar-refractivity contribution >= 4 is 11.8 Å². The summed E-state index contributed by atoms with van der Waals surface area (Å²) in [4.78, 5) is 22.2. The minimum atomic E-state index is -0.0558. The fourth-order valence-corrected chi connectivity index (χ4v) is 1.46. The average molecular weight is 199 g/mol. The zero-order valence-corrected chi connectivity index (χ0v) is 8.43. The second kappa shape index (κ2) is 5.59. The lowest BCUT2D eigenvalue weighted by Gasteiger charge is -2.10. The van der Waals surface area contributed by atoms with Crippen molar-refractivity contribution in [3.05, 3.63) is 0 Å². The molecule has 1 aliphatic rings. The highest BCUT2D eigenvalue weighted by Gasteiger charge is 2.21. The molecule has 0 aromatic carbocycles. The van der Waals surface area contributed by atoms with Crippen molar-refractivity contribution in [2.45, 2.75) is 25.3 Å². The Morgan fingerprint density at radius 2 is 2.29 bits per heavy atom. The normalized spacial score (nSPS) is 20.5. The smallest absolute Gasteiger partial charge is 0.237 e. The Morgan fingerprint density at radius 1 is 1.50 bits per heavy atom. The molecule has 0 spiro atoms. The average Bonchev–Trinajstić information content (AvgIpc) is 2.70. The minimum absolute atomic E-state index is 0.00593. The molecule has 5 nitrogen and oxygen atoms in total. The van der Waals surface area contributed by atoms with Crippen LogP contribution in [0.2, 0.25) is 0 Å². The summed E-state index contributed by atoms with van der Waals surface area (Å²) in [5, 5.41) is 8.33. The van der Waals surface area contributed by atoms with Crippen molar-refractivity contribution in [1.29, 1.82) is 0 Å². The van der Waals surface area contributed by atoms with E-state index in [9.17, 15) is 9.59 Å². The summed E-state index contributed by atoms with van der Waals surface area (Å²) in [6, 6.07) is -0.0558. The standard InChI is InChI=1S/C9H17N3O2/c1-10-8(13)4-6-12-9(14)7-3-2-5-11-7/h7,11H,2-6H2,1H3,(H,10,13)(H,12,14). The lowest BCUT2D eigenvalue weighted by molar-refractivity contribution is -0.123. The van der Waals surface area contributed by atoms with Gasteiger partial charge in [0.1, 0.15) is 0 Å². The van der Waals surface area contributed by atoms with Gasteiger partial charge < -0.3 is 16.0 Å². The van der Waals surface area contributed by atoms with Gasteiger partial charge in [0.05, 0.1) is 6.04 Å². The van der Waals surface area contributed by atoms with Crippen molar-refractivity contribution in [3.8, 4) is 0 Å². The molecule has 3 N–H and O–H groups in total. The van der Waals surface area contributed by atoms with Crippen LogP contribution in [0.25, 0.3) is 0 Å². The summed E-state index contributed by atoms with van der Waals surface area (Å²) in [5.41, 5.74) is 0. The molecular weight excluding hydrogens is 182 g/mol. The number of rotatable bonds is 4. The van der Waals surface area contributed by atoms with Gasteiger partial charge in [0, 0.05) is 20.0 Å². The summed E-state index contributed by atoms with van der Waals surface area (Å²) in [7, 11) is 1.59. The van der Waals surface area contributed by atoms with Gasteiger partial charge in [-0.1, -0.05) is 0 Å². The maximum atomic E-state index is 11.4.